The highest BCUT2D eigenvalue weighted by Gasteiger charge is 2.33. The van der Waals surface area contributed by atoms with Crippen molar-refractivity contribution in [1.29, 1.82) is 0 Å². The van der Waals surface area contributed by atoms with Gasteiger partial charge in [-0.3, -0.25) is 4.90 Å². The van der Waals surface area contributed by atoms with E-state index in [4.69, 9.17) is 14.9 Å². The van der Waals surface area contributed by atoms with E-state index in [9.17, 15) is 0 Å². The van der Waals surface area contributed by atoms with Crippen LogP contribution in [0.1, 0.15) is 24.5 Å². The maximum absolute atomic E-state index is 5.76. The van der Waals surface area contributed by atoms with Crippen molar-refractivity contribution >= 4 is 0 Å². The molecular formula is C12H20N2O2. The fourth-order valence-corrected chi connectivity index (χ4v) is 2.31. The van der Waals surface area contributed by atoms with E-state index in [0.717, 1.165) is 31.2 Å². The van der Waals surface area contributed by atoms with Crippen molar-refractivity contribution in [2.24, 2.45) is 5.73 Å². The van der Waals surface area contributed by atoms with Gasteiger partial charge in [-0.15, -0.1) is 0 Å². The molecule has 0 saturated carbocycles. The maximum atomic E-state index is 5.76. The molecule has 0 bridgehead atoms. The molecule has 0 spiro atoms. The zero-order valence-electron chi connectivity index (χ0n) is 9.98. The van der Waals surface area contributed by atoms with Crippen molar-refractivity contribution in [3.63, 3.8) is 0 Å². The van der Waals surface area contributed by atoms with Crippen LogP contribution in [0.2, 0.25) is 0 Å². The number of morpholine rings is 1. The van der Waals surface area contributed by atoms with Gasteiger partial charge in [-0.2, -0.15) is 0 Å². The Morgan fingerprint density at radius 2 is 2.31 bits per heavy atom. The molecule has 1 aromatic rings. The van der Waals surface area contributed by atoms with Crippen molar-refractivity contribution in [2.75, 3.05) is 26.2 Å². The third-order valence-electron chi connectivity index (χ3n) is 3.15. The van der Waals surface area contributed by atoms with Gasteiger partial charge in [-0.1, -0.05) is 6.92 Å². The zero-order chi connectivity index (χ0) is 11.5. The summed E-state index contributed by atoms with van der Waals surface area (Å²) >= 11 is 0. The van der Waals surface area contributed by atoms with E-state index in [1.165, 1.54) is 0 Å². The molecule has 2 unspecified atom stereocenters. The molecule has 2 heterocycles. The fraction of sp³-hybridized carbons (Fsp3) is 0.667. The lowest BCUT2D eigenvalue weighted by atomic mass is 10.0. The SMILES string of the molecule is CCN1CCOC(CN)C1c1ccc(C)o1. The van der Waals surface area contributed by atoms with Gasteiger partial charge in [0.2, 0.25) is 0 Å². The van der Waals surface area contributed by atoms with E-state index in [-0.39, 0.29) is 12.1 Å². The van der Waals surface area contributed by atoms with Gasteiger partial charge >= 0.3 is 0 Å². The summed E-state index contributed by atoms with van der Waals surface area (Å²) < 4.78 is 11.4. The van der Waals surface area contributed by atoms with Crippen molar-refractivity contribution in [3.05, 3.63) is 23.7 Å². The van der Waals surface area contributed by atoms with Crippen molar-refractivity contribution in [3.8, 4) is 0 Å². The first-order valence-electron chi connectivity index (χ1n) is 5.88. The Morgan fingerprint density at radius 1 is 1.50 bits per heavy atom. The van der Waals surface area contributed by atoms with Gasteiger partial charge in [-0.05, 0) is 25.6 Å². The number of furan rings is 1. The van der Waals surface area contributed by atoms with Gasteiger partial charge in [0.05, 0.1) is 18.8 Å². The minimum absolute atomic E-state index is 0.0410. The lowest BCUT2D eigenvalue weighted by Gasteiger charge is -2.39. The Balaban J connectivity index is 2.24. The molecule has 2 rings (SSSR count). The van der Waals surface area contributed by atoms with E-state index < -0.39 is 0 Å². The molecule has 0 aliphatic carbocycles. The van der Waals surface area contributed by atoms with Crippen LogP contribution in [0.15, 0.2) is 16.5 Å². The van der Waals surface area contributed by atoms with Crippen LogP contribution in [0.4, 0.5) is 0 Å². The van der Waals surface area contributed by atoms with E-state index in [2.05, 4.69) is 11.8 Å². The Kier molecular flexibility index (Phi) is 3.63. The highest BCUT2D eigenvalue weighted by atomic mass is 16.5. The van der Waals surface area contributed by atoms with Crippen LogP contribution in [-0.2, 0) is 4.74 Å². The van der Waals surface area contributed by atoms with E-state index in [1.54, 1.807) is 0 Å². The van der Waals surface area contributed by atoms with Crippen molar-refractivity contribution in [2.45, 2.75) is 26.0 Å². The van der Waals surface area contributed by atoms with E-state index in [1.807, 2.05) is 19.1 Å². The van der Waals surface area contributed by atoms with Crippen LogP contribution in [0.25, 0.3) is 0 Å². The summed E-state index contributed by atoms with van der Waals surface area (Å²) in [6.07, 6.45) is 0.0410. The Hall–Kier alpha value is -0.840. The van der Waals surface area contributed by atoms with Crippen molar-refractivity contribution in [1.82, 2.24) is 4.90 Å². The fourth-order valence-electron chi connectivity index (χ4n) is 2.31. The summed E-state index contributed by atoms with van der Waals surface area (Å²) in [5.41, 5.74) is 5.76. The van der Waals surface area contributed by atoms with Gasteiger partial charge in [0.1, 0.15) is 11.5 Å². The molecule has 1 aliphatic heterocycles. The summed E-state index contributed by atoms with van der Waals surface area (Å²) in [6.45, 7) is 7.33. The minimum atomic E-state index is 0.0410. The molecule has 1 aliphatic rings. The van der Waals surface area contributed by atoms with E-state index in [0.29, 0.717) is 6.54 Å². The number of nitrogens with two attached hydrogens (primary N) is 1. The maximum Gasteiger partial charge on any atom is 0.124 e. The second-order valence-electron chi connectivity index (χ2n) is 4.17. The predicted octanol–water partition coefficient (Wildman–Crippen LogP) is 1.31. The molecule has 1 saturated heterocycles. The summed E-state index contributed by atoms with van der Waals surface area (Å²) in [4.78, 5) is 2.36. The third kappa shape index (κ3) is 2.14. The largest absolute Gasteiger partial charge is 0.465 e. The summed E-state index contributed by atoms with van der Waals surface area (Å²) in [7, 11) is 0. The normalized spacial score (nSPS) is 27.2. The predicted molar refractivity (Wildman–Crippen MR) is 62.2 cm³/mol. The quantitative estimate of drug-likeness (QED) is 0.841. The van der Waals surface area contributed by atoms with Gasteiger partial charge < -0.3 is 14.9 Å². The average Bonchev–Trinajstić information content (AvgIpc) is 2.74. The molecule has 2 N–H and O–H groups in total. The number of rotatable bonds is 3. The van der Waals surface area contributed by atoms with Gasteiger partial charge in [0, 0.05) is 13.1 Å². The monoisotopic (exact) mass is 224 g/mol. The van der Waals surface area contributed by atoms with Crippen LogP contribution in [0.5, 0.6) is 0 Å². The number of aryl methyl sites for hydroxylation is 1. The minimum Gasteiger partial charge on any atom is -0.465 e. The first kappa shape index (κ1) is 11.6. The second-order valence-corrected chi connectivity index (χ2v) is 4.17. The topological polar surface area (TPSA) is 51.6 Å². The molecule has 2 atom stereocenters. The molecule has 4 nitrogen and oxygen atoms in total. The van der Waals surface area contributed by atoms with Crippen LogP contribution < -0.4 is 5.73 Å². The number of ether oxygens (including phenoxy) is 1. The molecule has 0 radical (unpaired) electrons. The Labute approximate surface area is 96.4 Å². The molecule has 0 aromatic carbocycles. The van der Waals surface area contributed by atoms with Crippen LogP contribution >= 0.6 is 0 Å². The summed E-state index contributed by atoms with van der Waals surface area (Å²) in [5.74, 6) is 1.90. The zero-order valence-corrected chi connectivity index (χ0v) is 9.98. The second kappa shape index (κ2) is 4.99. The first-order chi connectivity index (χ1) is 7.76. The standard InChI is InChI=1S/C12H20N2O2/c1-3-14-6-7-15-11(8-13)12(14)10-5-4-9(2)16-10/h4-5,11-12H,3,6-8,13H2,1-2H3. The van der Waals surface area contributed by atoms with Gasteiger partial charge in [0.15, 0.2) is 0 Å². The van der Waals surface area contributed by atoms with Gasteiger partial charge in [-0.25, -0.2) is 0 Å². The molecule has 0 amide bonds. The molecule has 90 valence electrons. The molecule has 16 heavy (non-hydrogen) atoms. The smallest absolute Gasteiger partial charge is 0.124 e. The molecule has 1 aromatic heterocycles. The summed E-state index contributed by atoms with van der Waals surface area (Å²) in [5, 5.41) is 0. The van der Waals surface area contributed by atoms with Gasteiger partial charge in [0.25, 0.3) is 0 Å². The number of likely N-dealkylation sites (N-methyl/N-ethyl adjacent to an activating group) is 1. The van der Waals surface area contributed by atoms with Crippen LogP contribution in [-0.4, -0.2) is 37.2 Å². The molecule has 4 heteroatoms. The highest BCUT2D eigenvalue weighted by Crippen LogP contribution is 2.30. The average molecular weight is 224 g/mol. The van der Waals surface area contributed by atoms with E-state index >= 15 is 0 Å². The first-order valence-corrected chi connectivity index (χ1v) is 5.88. The molecular weight excluding hydrogens is 204 g/mol. The summed E-state index contributed by atoms with van der Waals surface area (Å²) in [6, 6.07) is 4.18. The van der Waals surface area contributed by atoms with Crippen LogP contribution in [0, 0.1) is 6.92 Å². The van der Waals surface area contributed by atoms with Crippen LogP contribution in [0.3, 0.4) is 0 Å². The third-order valence-corrected chi connectivity index (χ3v) is 3.15. The Bertz CT molecular complexity index is 326. The lowest BCUT2D eigenvalue weighted by molar-refractivity contribution is -0.0723. The molecule has 1 fully saturated rings. The number of hydrogen-bond acceptors (Lipinski definition) is 4. The number of hydrogen-bond donors (Lipinski definition) is 1. The van der Waals surface area contributed by atoms with Crippen molar-refractivity contribution < 1.29 is 9.15 Å². The number of nitrogens with zero attached hydrogens (tertiary/aromatic N) is 1. The lowest BCUT2D eigenvalue weighted by Crippen LogP contribution is -2.47. The Morgan fingerprint density at radius 3 is 2.88 bits per heavy atom. The highest BCUT2D eigenvalue weighted by molar-refractivity contribution is 5.12.